The van der Waals surface area contributed by atoms with E-state index in [9.17, 15) is 9.90 Å². The van der Waals surface area contributed by atoms with Crippen LogP contribution in [0.15, 0.2) is 24.4 Å². The number of fused-ring (bicyclic) bond motifs is 1. The van der Waals surface area contributed by atoms with Crippen molar-refractivity contribution in [3.05, 3.63) is 30.0 Å². The van der Waals surface area contributed by atoms with E-state index in [4.69, 9.17) is 5.73 Å². The summed E-state index contributed by atoms with van der Waals surface area (Å²) in [7, 11) is 0. The number of carbonyl (C=O) groups excluding carboxylic acids is 1. The van der Waals surface area contributed by atoms with Crippen LogP contribution in [0.1, 0.15) is 5.56 Å². The summed E-state index contributed by atoms with van der Waals surface area (Å²) >= 11 is 0. The van der Waals surface area contributed by atoms with E-state index < -0.39 is 0 Å². The Balaban J connectivity index is 2.19. The Kier molecular flexibility index (Phi) is 3.30. The summed E-state index contributed by atoms with van der Waals surface area (Å²) in [6.07, 6.45) is 2.02. The third-order valence-corrected chi connectivity index (χ3v) is 2.60. The van der Waals surface area contributed by atoms with Gasteiger partial charge in [0.1, 0.15) is 5.75 Å². The zero-order valence-corrected chi connectivity index (χ0v) is 9.36. The van der Waals surface area contributed by atoms with Gasteiger partial charge in [0, 0.05) is 24.7 Å². The van der Waals surface area contributed by atoms with Crippen LogP contribution in [0.3, 0.4) is 0 Å². The van der Waals surface area contributed by atoms with Crippen molar-refractivity contribution in [2.75, 3.05) is 13.1 Å². The van der Waals surface area contributed by atoms with E-state index in [0.717, 1.165) is 10.9 Å². The Morgan fingerprint density at radius 2 is 2.29 bits per heavy atom. The molecular weight excluding hydrogens is 218 g/mol. The number of rotatable bonds is 4. The molecule has 2 aromatic rings. The normalized spacial score (nSPS) is 10.6. The minimum absolute atomic E-state index is 0.0697. The van der Waals surface area contributed by atoms with Crippen LogP contribution < -0.4 is 11.1 Å². The predicted molar refractivity (Wildman–Crippen MR) is 65.7 cm³/mol. The lowest BCUT2D eigenvalue weighted by Crippen LogP contribution is -2.30. The van der Waals surface area contributed by atoms with Gasteiger partial charge in [0.05, 0.1) is 11.9 Å². The molecule has 5 heteroatoms. The van der Waals surface area contributed by atoms with Gasteiger partial charge in [-0.1, -0.05) is 12.1 Å². The molecule has 0 saturated heterocycles. The number of para-hydroxylation sites is 1. The molecule has 0 fully saturated rings. The van der Waals surface area contributed by atoms with Gasteiger partial charge in [-0.05, 0) is 11.6 Å². The molecule has 1 amide bonds. The molecule has 5 N–H and O–H groups in total. The van der Waals surface area contributed by atoms with Gasteiger partial charge in [-0.15, -0.1) is 0 Å². The first-order valence-corrected chi connectivity index (χ1v) is 5.47. The van der Waals surface area contributed by atoms with Crippen LogP contribution >= 0.6 is 0 Å². The maximum absolute atomic E-state index is 11.6. The molecule has 0 saturated carbocycles. The average molecular weight is 233 g/mol. The molecule has 0 aliphatic carbocycles. The van der Waals surface area contributed by atoms with Crippen LogP contribution in [0, 0.1) is 0 Å². The molecule has 0 unspecified atom stereocenters. The smallest absolute Gasteiger partial charge is 0.224 e. The van der Waals surface area contributed by atoms with Crippen LogP contribution in [-0.2, 0) is 11.2 Å². The number of phenolic OH excluding ortho intramolecular Hbond substituents is 1. The maximum atomic E-state index is 11.6. The average Bonchev–Trinajstić information content (AvgIpc) is 2.71. The van der Waals surface area contributed by atoms with Gasteiger partial charge >= 0.3 is 0 Å². The van der Waals surface area contributed by atoms with Crippen molar-refractivity contribution < 1.29 is 9.90 Å². The Bertz CT molecular complexity index is 534. The molecule has 0 radical (unpaired) electrons. The first-order valence-electron chi connectivity index (χ1n) is 5.47. The lowest BCUT2D eigenvalue weighted by Gasteiger charge is -2.02. The summed E-state index contributed by atoms with van der Waals surface area (Å²) < 4.78 is 0. The summed E-state index contributed by atoms with van der Waals surface area (Å²) in [5.41, 5.74) is 6.83. The Hall–Kier alpha value is -2.01. The lowest BCUT2D eigenvalue weighted by atomic mass is 10.1. The molecule has 0 bridgehead atoms. The van der Waals surface area contributed by atoms with Gasteiger partial charge in [0.25, 0.3) is 0 Å². The standard InChI is InChI=1S/C12H15N3O2/c13-4-5-14-11(17)6-8-7-15-12-9(8)2-1-3-10(12)16/h1-3,7,15-16H,4-6,13H2,(H,14,17). The van der Waals surface area contributed by atoms with Gasteiger partial charge in [-0.2, -0.15) is 0 Å². The van der Waals surface area contributed by atoms with Gasteiger partial charge in [-0.25, -0.2) is 0 Å². The SMILES string of the molecule is NCCNC(=O)Cc1c[nH]c2c(O)cccc12. The van der Waals surface area contributed by atoms with Crippen LogP contribution in [-0.4, -0.2) is 29.1 Å². The fourth-order valence-corrected chi connectivity index (χ4v) is 1.79. The minimum Gasteiger partial charge on any atom is -0.506 e. The van der Waals surface area contributed by atoms with E-state index in [-0.39, 0.29) is 18.1 Å². The van der Waals surface area contributed by atoms with Crippen molar-refractivity contribution in [2.45, 2.75) is 6.42 Å². The number of aromatic amines is 1. The first-order chi connectivity index (χ1) is 8.22. The fraction of sp³-hybridized carbons (Fsp3) is 0.250. The van der Waals surface area contributed by atoms with Crippen molar-refractivity contribution in [1.82, 2.24) is 10.3 Å². The second-order valence-corrected chi connectivity index (χ2v) is 3.83. The monoisotopic (exact) mass is 233 g/mol. The summed E-state index contributed by atoms with van der Waals surface area (Å²) in [6.45, 7) is 0.910. The van der Waals surface area contributed by atoms with Crippen molar-refractivity contribution in [3.63, 3.8) is 0 Å². The fourth-order valence-electron chi connectivity index (χ4n) is 1.79. The van der Waals surface area contributed by atoms with E-state index in [0.29, 0.717) is 18.6 Å². The molecule has 0 spiro atoms. The quantitative estimate of drug-likeness (QED) is 0.619. The highest BCUT2D eigenvalue weighted by atomic mass is 16.3. The number of nitrogens with one attached hydrogen (secondary N) is 2. The summed E-state index contributed by atoms with van der Waals surface area (Å²) in [4.78, 5) is 14.5. The number of nitrogens with two attached hydrogens (primary N) is 1. The zero-order chi connectivity index (χ0) is 12.3. The molecule has 0 atom stereocenters. The molecule has 1 aromatic heterocycles. The van der Waals surface area contributed by atoms with Gasteiger partial charge < -0.3 is 21.1 Å². The summed E-state index contributed by atoms with van der Waals surface area (Å²) in [5.74, 6) is 0.121. The molecule has 17 heavy (non-hydrogen) atoms. The predicted octanol–water partition coefficient (Wildman–Crippen LogP) is 0.491. The first kappa shape index (κ1) is 11.5. The van der Waals surface area contributed by atoms with Crippen LogP contribution in [0.4, 0.5) is 0 Å². The highest BCUT2D eigenvalue weighted by Crippen LogP contribution is 2.26. The Morgan fingerprint density at radius 1 is 1.47 bits per heavy atom. The molecule has 0 aliphatic heterocycles. The molecule has 90 valence electrons. The number of aromatic nitrogens is 1. The summed E-state index contributed by atoms with van der Waals surface area (Å²) in [6, 6.07) is 5.24. The van der Waals surface area contributed by atoms with Gasteiger partial charge in [0.15, 0.2) is 0 Å². The van der Waals surface area contributed by atoms with E-state index >= 15 is 0 Å². The third-order valence-electron chi connectivity index (χ3n) is 2.60. The van der Waals surface area contributed by atoms with E-state index in [1.807, 2.05) is 6.07 Å². The molecule has 1 aromatic carbocycles. The number of amides is 1. The number of benzene rings is 1. The van der Waals surface area contributed by atoms with E-state index in [1.165, 1.54) is 0 Å². The van der Waals surface area contributed by atoms with Gasteiger partial charge in [-0.3, -0.25) is 4.79 Å². The number of hydrogen-bond acceptors (Lipinski definition) is 3. The Morgan fingerprint density at radius 3 is 3.06 bits per heavy atom. The van der Waals surface area contributed by atoms with Crippen molar-refractivity contribution in [2.24, 2.45) is 5.73 Å². The van der Waals surface area contributed by atoms with E-state index in [2.05, 4.69) is 10.3 Å². The van der Waals surface area contributed by atoms with Crippen LogP contribution in [0.25, 0.3) is 10.9 Å². The minimum atomic E-state index is -0.0697. The van der Waals surface area contributed by atoms with Crippen LogP contribution in [0.2, 0.25) is 0 Å². The van der Waals surface area contributed by atoms with Gasteiger partial charge in [0.2, 0.25) is 5.91 Å². The Labute approximate surface area is 98.6 Å². The topological polar surface area (TPSA) is 91.1 Å². The van der Waals surface area contributed by atoms with E-state index in [1.54, 1.807) is 18.3 Å². The molecule has 0 aliphatic rings. The zero-order valence-electron chi connectivity index (χ0n) is 9.36. The third kappa shape index (κ3) is 2.39. The molecule has 1 heterocycles. The number of carbonyl (C=O) groups is 1. The largest absolute Gasteiger partial charge is 0.506 e. The number of H-pyrrole nitrogens is 1. The van der Waals surface area contributed by atoms with Crippen molar-refractivity contribution >= 4 is 16.8 Å². The number of aromatic hydroxyl groups is 1. The molecule has 2 rings (SSSR count). The number of hydrogen-bond donors (Lipinski definition) is 4. The lowest BCUT2D eigenvalue weighted by molar-refractivity contribution is -0.120. The summed E-state index contributed by atoms with van der Waals surface area (Å²) in [5, 5.41) is 13.2. The number of phenols is 1. The van der Waals surface area contributed by atoms with Crippen LogP contribution in [0.5, 0.6) is 5.75 Å². The van der Waals surface area contributed by atoms with Crippen molar-refractivity contribution in [1.29, 1.82) is 0 Å². The highest BCUT2D eigenvalue weighted by Gasteiger charge is 2.09. The second-order valence-electron chi connectivity index (χ2n) is 3.83. The highest BCUT2D eigenvalue weighted by molar-refractivity contribution is 5.91. The van der Waals surface area contributed by atoms with Crippen molar-refractivity contribution in [3.8, 4) is 5.75 Å². The molecular formula is C12H15N3O2. The maximum Gasteiger partial charge on any atom is 0.224 e. The second kappa shape index (κ2) is 4.88. The molecule has 5 nitrogen and oxygen atoms in total.